The van der Waals surface area contributed by atoms with Gasteiger partial charge in [-0.2, -0.15) is 0 Å². The molecule has 2 aromatic rings. The maximum atomic E-state index is 12.2. The molecule has 0 aliphatic heterocycles. The molecule has 0 aliphatic rings. The van der Waals surface area contributed by atoms with Crippen LogP contribution < -0.4 is 11.1 Å². The summed E-state index contributed by atoms with van der Waals surface area (Å²) in [6.07, 6.45) is 0. The minimum absolute atomic E-state index is 0.101. The second kappa shape index (κ2) is 5.94. The third kappa shape index (κ3) is 3.20. The molecule has 1 unspecified atom stereocenters. The molecule has 3 N–H and O–H groups in total. The number of nitro groups is 1. The first-order chi connectivity index (χ1) is 9.90. The van der Waals surface area contributed by atoms with Gasteiger partial charge in [-0.25, -0.2) is 0 Å². The summed E-state index contributed by atoms with van der Waals surface area (Å²) in [5, 5.41) is 22.0. The van der Waals surface area contributed by atoms with Crippen molar-refractivity contribution >= 4 is 28.1 Å². The number of nitrogens with two attached hydrogens (primary N) is 1. The second-order valence-electron chi connectivity index (χ2n) is 4.40. The first-order valence-electron chi connectivity index (χ1n) is 6.04. The van der Waals surface area contributed by atoms with Gasteiger partial charge in [-0.1, -0.05) is 17.4 Å². The highest BCUT2D eigenvalue weighted by atomic mass is 32.1. The summed E-state index contributed by atoms with van der Waals surface area (Å²) in [6.45, 7) is 3.29. The molecular weight excluding hydrogens is 294 g/mol. The molecule has 110 valence electrons. The average molecular weight is 307 g/mol. The lowest BCUT2D eigenvalue weighted by Gasteiger charge is -2.05. The lowest BCUT2D eigenvalue weighted by Crippen LogP contribution is -2.14. The van der Waals surface area contributed by atoms with Crippen LogP contribution in [0.1, 0.15) is 33.9 Å². The Morgan fingerprint density at radius 2 is 2.19 bits per heavy atom. The SMILES string of the molecule is Cc1c(C(=O)Nc2nnc(C(C)N)s2)cccc1[N+](=O)[O-]. The number of hydrogen-bond acceptors (Lipinski definition) is 7. The fourth-order valence-corrected chi connectivity index (χ4v) is 2.39. The molecule has 1 heterocycles. The van der Waals surface area contributed by atoms with Crippen LogP contribution in [-0.4, -0.2) is 21.0 Å². The van der Waals surface area contributed by atoms with E-state index < -0.39 is 10.8 Å². The van der Waals surface area contributed by atoms with Crippen molar-refractivity contribution < 1.29 is 9.72 Å². The predicted molar refractivity (Wildman–Crippen MR) is 78.3 cm³/mol. The van der Waals surface area contributed by atoms with E-state index in [0.717, 1.165) is 0 Å². The van der Waals surface area contributed by atoms with E-state index in [1.165, 1.54) is 36.5 Å². The number of anilines is 1. The molecule has 1 atom stereocenters. The van der Waals surface area contributed by atoms with Gasteiger partial charge in [0.2, 0.25) is 5.13 Å². The van der Waals surface area contributed by atoms with Crippen molar-refractivity contribution in [1.82, 2.24) is 10.2 Å². The van der Waals surface area contributed by atoms with Crippen LogP contribution in [-0.2, 0) is 0 Å². The van der Waals surface area contributed by atoms with E-state index in [0.29, 0.717) is 15.7 Å². The molecule has 0 saturated heterocycles. The molecule has 0 radical (unpaired) electrons. The molecule has 0 fully saturated rings. The van der Waals surface area contributed by atoms with E-state index >= 15 is 0 Å². The summed E-state index contributed by atoms with van der Waals surface area (Å²) in [7, 11) is 0. The van der Waals surface area contributed by atoms with Gasteiger partial charge >= 0.3 is 0 Å². The van der Waals surface area contributed by atoms with Gasteiger partial charge in [0, 0.05) is 17.2 Å². The van der Waals surface area contributed by atoms with Crippen molar-refractivity contribution in [2.24, 2.45) is 5.73 Å². The number of carbonyl (C=O) groups excluding carboxylic acids is 1. The number of carbonyl (C=O) groups is 1. The maximum Gasteiger partial charge on any atom is 0.273 e. The Bertz CT molecular complexity index is 698. The van der Waals surface area contributed by atoms with E-state index in [1.54, 1.807) is 6.92 Å². The van der Waals surface area contributed by atoms with Gasteiger partial charge in [0.05, 0.1) is 11.0 Å². The number of amides is 1. The maximum absolute atomic E-state index is 12.2. The van der Waals surface area contributed by atoms with Crippen LogP contribution in [0.5, 0.6) is 0 Å². The number of aromatic nitrogens is 2. The van der Waals surface area contributed by atoms with Crippen LogP contribution in [0.3, 0.4) is 0 Å². The third-order valence-corrected chi connectivity index (χ3v) is 3.84. The molecule has 1 aromatic heterocycles. The zero-order valence-corrected chi connectivity index (χ0v) is 12.2. The molecule has 21 heavy (non-hydrogen) atoms. The minimum Gasteiger partial charge on any atom is -0.322 e. The van der Waals surface area contributed by atoms with Crippen LogP contribution in [0, 0.1) is 17.0 Å². The number of nitrogens with zero attached hydrogens (tertiary/aromatic N) is 3. The molecule has 0 spiro atoms. The summed E-state index contributed by atoms with van der Waals surface area (Å²) in [4.78, 5) is 22.5. The van der Waals surface area contributed by atoms with Crippen LogP contribution in [0.4, 0.5) is 10.8 Å². The van der Waals surface area contributed by atoms with E-state index in [4.69, 9.17) is 5.73 Å². The highest BCUT2D eigenvalue weighted by Gasteiger charge is 2.19. The Balaban J connectivity index is 2.24. The molecule has 0 aliphatic carbocycles. The van der Waals surface area contributed by atoms with Gasteiger partial charge < -0.3 is 5.73 Å². The van der Waals surface area contributed by atoms with Gasteiger partial charge in [-0.15, -0.1) is 10.2 Å². The van der Waals surface area contributed by atoms with Gasteiger partial charge in [-0.05, 0) is 19.9 Å². The molecule has 0 saturated carbocycles. The highest BCUT2D eigenvalue weighted by molar-refractivity contribution is 7.15. The number of benzene rings is 1. The van der Waals surface area contributed by atoms with Crippen molar-refractivity contribution in [3.05, 3.63) is 44.4 Å². The standard InChI is InChI=1S/C12H13N5O3S/c1-6-8(4-3-5-9(6)17(19)20)10(18)14-12-16-15-11(21-12)7(2)13/h3-5,7H,13H2,1-2H3,(H,14,16,18). The van der Waals surface area contributed by atoms with Crippen molar-refractivity contribution in [1.29, 1.82) is 0 Å². The topological polar surface area (TPSA) is 124 Å². The lowest BCUT2D eigenvalue weighted by atomic mass is 10.1. The van der Waals surface area contributed by atoms with Gasteiger partial charge in [0.15, 0.2) is 0 Å². The molecule has 8 nitrogen and oxygen atoms in total. The Hall–Kier alpha value is -2.39. The first kappa shape index (κ1) is 15.0. The fraction of sp³-hybridized carbons (Fsp3) is 0.250. The lowest BCUT2D eigenvalue weighted by molar-refractivity contribution is -0.385. The smallest absolute Gasteiger partial charge is 0.273 e. The normalized spacial score (nSPS) is 12.0. The summed E-state index contributed by atoms with van der Waals surface area (Å²) in [6, 6.07) is 4.07. The van der Waals surface area contributed by atoms with Crippen molar-refractivity contribution in [2.45, 2.75) is 19.9 Å². The van der Waals surface area contributed by atoms with Gasteiger partial charge in [0.25, 0.3) is 11.6 Å². The quantitative estimate of drug-likeness (QED) is 0.657. The molecule has 1 amide bonds. The Morgan fingerprint density at radius 1 is 1.48 bits per heavy atom. The van der Waals surface area contributed by atoms with Gasteiger partial charge in [-0.3, -0.25) is 20.2 Å². The van der Waals surface area contributed by atoms with Crippen LogP contribution in [0.15, 0.2) is 18.2 Å². The van der Waals surface area contributed by atoms with Crippen LogP contribution >= 0.6 is 11.3 Å². The average Bonchev–Trinajstić information content (AvgIpc) is 2.87. The zero-order valence-electron chi connectivity index (χ0n) is 11.4. The molecule has 0 bridgehead atoms. The molecule has 1 aromatic carbocycles. The predicted octanol–water partition coefficient (Wildman–Crippen LogP) is 2.03. The number of nitro benzene ring substituents is 1. The molecular formula is C12H13N5O3S. The summed E-state index contributed by atoms with van der Waals surface area (Å²) in [5.41, 5.74) is 6.09. The van der Waals surface area contributed by atoms with Crippen molar-refractivity contribution in [2.75, 3.05) is 5.32 Å². The summed E-state index contributed by atoms with van der Waals surface area (Å²) >= 11 is 1.17. The monoisotopic (exact) mass is 307 g/mol. The third-order valence-electron chi connectivity index (χ3n) is 2.80. The van der Waals surface area contributed by atoms with Crippen LogP contribution in [0.25, 0.3) is 0 Å². The Morgan fingerprint density at radius 3 is 2.76 bits per heavy atom. The molecule has 2 rings (SSSR count). The summed E-state index contributed by atoms with van der Waals surface area (Å²) in [5.74, 6) is -0.469. The Labute approximate surface area is 124 Å². The Kier molecular flexibility index (Phi) is 4.24. The van der Waals surface area contributed by atoms with Crippen molar-refractivity contribution in [3.8, 4) is 0 Å². The first-order valence-corrected chi connectivity index (χ1v) is 6.86. The minimum atomic E-state index is -0.523. The fourth-order valence-electron chi connectivity index (χ4n) is 1.70. The highest BCUT2D eigenvalue weighted by Crippen LogP contribution is 2.24. The molecule has 9 heteroatoms. The van der Waals surface area contributed by atoms with Crippen LogP contribution in [0.2, 0.25) is 0 Å². The van der Waals surface area contributed by atoms with E-state index in [2.05, 4.69) is 15.5 Å². The largest absolute Gasteiger partial charge is 0.322 e. The number of rotatable bonds is 4. The second-order valence-corrected chi connectivity index (χ2v) is 5.40. The zero-order chi connectivity index (χ0) is 15.6. The number of nitrogens with one attached hydrogen (secondary N) is 1. The van der Waals surface area contributed by atoms with E-state index in [1.807, 2.05) is 0 Å². The number of hydrogen-bond donors (Lipinski definition) is 2. The van der Waals surface area contributed by atoms with Gasteiger partial charge in [0.1, 0.15) is 5.01 Å². The summed E-state index contributed by atoms with van der Waals surface area (Å²) < 4.78 is 0. The van der Waals surface area contributed by atoms with E-state index in [-0.39, 0.29) is 17.3 Å². The van der Waals surface area contributed by atoms with E-state index in [9.17, 15) is 14.9 Å². The van der Waals surface area contributed by atoms with Crippen molar-refractivity contribution in [3.63, 3.8) is 0 Å².